The van der Waals surface area contributed by atoms with E-state index in [2.05, 4.69) is 0 Å². The number of nitro groups is 1. The van der Waals surface area contributed by atoms with E-state index in [-0.39, 0.29) is 24.2 Å². The Labute approximate surface area is 170 Å². The number of para-hydroxylation sites is 1. The van der Waals surface area contributed by atoms with Crippen LogP contribution in [0.25, 0.3) is 0 Å². The standard InChI is InChI=1S/C21H17N3O4S/c25-20-11-10-16(24(27)28)12-22(20)13-21(26)23-17-8-4-5-9-19(17)29-14-18(23)15-6-2-1-3-7-15/h1-12,18H,13-14H2. The topological polar surface area (TPSA) is 85.5 Å². The molecule has 0 saturated heterocycles. The summed E-state index contributed by atoms with van der Waals surface area (Å²) in [5, 5.41) is 11.0. The molecule has 8 heteroatoms. The van der Waals surface area contributed by atoms with Gasteiger partial charge in [0.2, 0.25) is 5.91 Å². The number of pyridine rings is 1. The Morgan fingerprint density at radius 1 is 1.07 bits per heavy atom. The molecule has 1 unspecified atom stereocenters. The molecule has 0 N–H and O–H groups in total. The number of carbonyl (C=O) groups is 1. The van der Waals surface area contributed by atoms with Crippen LogP contribution in [-0.4, -0.2) is 21.2 Å². The Kier molecular flexibility index (Phi) is 5.18. The van der Waals surface area contributed by atoms with Crippen LogP contribution in [0.15, 0.2) is 82.6 Å². The Bertz CT molecular complexity index is 1130. The number of aromatic nitrogens is 1. The highest BCUT2D eigenvalue weighted by Crippen LogP contribution is 2.43. The molecular weight excluding hydrogens is 390 g/mol. The minimum atomic E-state index is -0.583. The van der Waals surface area contributed by atoms with Gasteiger partial charge in [-0.15, -0.1) is 11.8 Å². The van der Waals surface area contributed by atoms with Gasteiger partial charge >= 0.3 is 0 Å². The minimum absolute atomic E-state index is 0.196. The van der Waals surface area contributed by atoms with Gasteiger partial charge in [0.1, 0.15) is 6.54 Å². The van der Waals surface area contributed by atoms with E-state index in [1.165, 1.54) is 0 Å². The molecule has 1 amide bonds. The van der Waals surface area contributed by atoms with Gasteiger partial charge in [0.25, 0.3) is 11.2 Å². The Morgan fingerprint density at radius 3 is 2.55 bits per heavy atom. The molecule has 7 nitrogen and oxygen atoms in total. The lowest BCUT2D eigenvalue weighted by molar-refractivity contribution is -0.385. The molecule has 146 valence electrons. The van der Waals surface area contributed by atoms with Crippen molar-refractivity contribution in [2.45, 2.75) is 17.5 Å². The van der Waals surface area contributed by atoms with Gasteiger partial charge in [-0.2, -0.15) is 0 Å². The van der Waals surface area contributed by atoms with E-state index in [0.717, 1.165) is 39.0 Å². The second-order valence-corrected chi connectivity index (χ2v) is 7.64. The maximum absolute atomic E-state index is 13.3. The quantitative estimate of drug-likeness (QED) is 0.487. The van der Waals surface area contributed by atoms with Crippen molar-refractivity contribution >= 4 is 29.0 Å². The summed E-state index contributed by atoms with van der Waals surface area (Å²) in [5.74, 6) is 0.380. The fraction of sp³-hybridized carbons (Fsp3) is 0.143. The van der Waals surface area contributed by atoms with E-state index in [1.54, 1.807) is 16.7 Å². The Morgan fingerprint density at radius 2 is 1.79 bits per heavy atom. The van der Waals surface area contributed by atoms with Crippen molar-refractivity contribution in [1.82, 2.24) is 4.57 Å². The van der Waals surface area contributed by atoms with Crippen LogP contribution in [0.4, 0.5) is 11.4 Å². The first-order valence-electron chi connectivity index (χ1n) is 8.98. The van der Waals surface area contributed by atoms with Crippen LogP contribution >= 0.6 is 11.8 Å². The van der Waals surface area contributed by atoms with Gasteiger partial charge in [0.05, 0.1) is 22.8 Å². The summed E-state index contributed by atoms with van der Waals surface area (Å²) in [4.78, 5) is 38.7. The second kappa shape index (κ2) is 7.92. The predicted molar refractivity (Wildman–Crippen MR) is 111 cm³/mol. The van der Waals surface area contributed by atoms with Crippen molar-refractivity contribution in [3.8, 4) is 0 Å². The molecular formula is C21H17N3O4S. The molecule has 0 spiro atoms. The van der Waals surface area contributed by atoms with Crippen LogP contribution in [0.2, 0.25) is 0 Å². The summed E-state index contributed by atoms with van der Waals surface area (Å²) in [6, 6.07) is 19.4. The van der Waals surface area contributed by atoms with Gasteiger partial charge in [-0.05, 0) is 17.7 Å². The zero-order chi connectivity index (χ0) is 20.4. The third kappa shape index (κ3) is 3.79. The average molecular weight is 407 g/mol. The van der Waals surface area contributed by atoms with Crippen molar-refractivity contribution in [2.75, 3.05) is 10.7 Å². The molecule has 0 aliphatic carbocycles. The van der Waals surface area contributed by atoms with Crippen LogP contribution in [0.3, 0.4) is 0 Å². The Balaban J connectivity index is 1.73. The van der Waals surface area contributed by atoms with Gasteiger partial charge in [-0.3, -0.25) is 24.3 Å². The van der Waals surface area contributed by atoms with E-state index >= 15 is 0 Å². The fourth-order valence-corrected chi connectivity index (χ4v) is 4.56. The summed E-state index contributed by atoms with van der Waals surface area (Å²) in [7, 11) is 0. The molecule has 2 aromatic carbocycles. The van der Waals surface area contributed by atoms with Crippen LogP contribution < -0.4 is 10.5 Å². The number of hydrogen-bond donors (Lipinski definition) is 0. The number of thioether (sulfide) groups is 1. The minimum Gasteiger partial charge on any atom is -0.301 e. The third-order valence-electron chi connectivity index (χ3n) is 4.77. The van der Waals surface area contributed by atoms with Crippen LogP contribution in [-0.2, 0) is 11.3 Å². The van der Waals surface area contributed by atoms with Crippen LogP contribution in [0.1, 0.15) is 11.6 Å². The normalized spacial score (nSPS) is 15.6. The number of rotatable bonds is 4. The van der Waals surface area contributed by atoms with Crippen LogP contribution in [0.5, 0.6) is 0 Å². The molecule has 1 aliphatic heterocycles. The van der Waals surface area contributed by atoms with E-state index in [1.807, 2.05) is 54.6 Å². The average Bonchev–Trinajstić information content (AvgIpc) is 2.74. The van der Waals surface area contributed by atoms with E-state index in [4.69, 9.17) is 0 Å². The molecule has 1 atom stereocenters. The second-order valence-electron chi connectivity index (χ2n) is 6.58. The number of amides is 1. The number of fused-ring (bicyclic) bond motifs is 1. The highest BCUT2D eigenvalue weighted by atomic mass is 32.2. The zero-order valence-electron chi connectivity index (χ0n) is 15.3. The highest BCUT2D eigenvalue weighted by Gasteiger charge is 2.32. The number of hydrogen-bond acceptors (Lipinski definition) is 5. The van der Waals surface area contributed by atoms with Gasteiger partial charge in [-0.25, -0.2) is 0 Å². The van der Waals surface area contributed by atoms with Crippen LogP contribution in [0, 0.1) is 10.1 Å². The molecule has 1 aromatic heterocycles. The van der Waals surface area contributed by atoms with Gasteiger partial charge in [-0.1, -0.05) is 42.5 Å². The van der Waals surface area contributed by atoms with Crippen molar-refractivity contribution in [1.29, 1.82) is 0 Å². The van der Waals surface area contributed by atoms with E-state index in [9.17, 15) is 19.7 Å². The molecule has 0 fully saturated rings. The number of carbonyl (C=O) groups excluding carboxylic acids is 1. The van der Waals surface area contributed by atoms with Gasteiger partial charge in [0.15, 0.2) is 0 Å². The maximum atomic E-state index is 13.3. The first-order valence-corrected chi connectivity index (χ1v) is 9.97. The number of anilines is 1. The number of benzene rings is 2. The first kappa shape index (κ1) is 18.9. The SMILES string of the molecule is O=C(Cn1cc([N+](=O)[O-])ccc1=O)N1c2ccccc2SCC1c1ccccc1. The molecule has 2 heterocycles. The fourth-order valence-electron chi connectivity index (χ4n) is 3.39. The molecule has 29 heavy (non-hydrogen) atoms. The molecule has 3 aromatic rings. The monoisotopic (exact) mass is 407 g/mol. The smallest absolute Gasteiger partial charge is 0.285 e. The summed E-state index contributed by atoms with van der Waals surface area (Å²) in [6.07, 6.45) is 1.11. The molecule has 0 radical (unpaired) electrons. The number of nitrogens with zero attached hydrogens (tertiary/aromatic N) is 3. The zero-order valence-corrected chi connectivity index (χ0v) is 16.1. The summed E-state index contributed by atoms with van der Waals surface area (Å²) >= 11 is 1.68. The third-order valence-corrected chi connectivity index (χ3v) is 5.91. The molecule has 4 rings (SSSR count). The van der Waals surface area contributed by atoms with E-state index < -0.39 is 10.5 Å². The van der Waals surface area contributed by atoms with Crippen molar-refractivity contribution in [2.24, 2.45) is 0 Å². The Hall–Kier alpha value is -3.39. The summed E-state index contributed by atoms with van der Waals surface area (Å²) < 4.78 is 1.09. The molecule has 0 saturated carbocycles. The first-order chi connectivity index (χ1) is 14.0. The van der Waals surface area contributed by atoms with Gasteiger partial charge < -0.3 is 4.90 Å². The summed E-state index contributed by atoms with van der Waals surface area (Å²) in [5.41, 5.74) is 1.09. The highest BCUT2D eigenvalue weighted by molar-refractivity contribution is 7.99. The molecule has 0 bridgehead atoms. The largest absolute Gasteiger partial charge is 0.301 e. The summed E-state index contributed by atoms with van der Waals surface area (Å²) in [6.45, 7) is -0.275. The molecule has 1 aliphatic rings. The predicted octanol–water partition coefficient (Wildman–Crippen LogP) is 3.64. The van der Waals surface area contributed by atoms with Crippen molar-refractivity contribution in [3.05, 3.63) is 99.0 Å². The lowest BCUT2D eigenvalue weighted by atomic mass is 10.1. The maximum Gasteiger partial charge on any atom is 0.285 e. The van der Waals surface area contributed by atoms with Crippen molar-refractivity contribution < 1.29 is 9.72 Å². The lowest BCUT2D eigenvalue weighted by Gasteiger charge is -2.37. The van der Waals surface area contributed by atoms with E-state index in [0.29, 0.717) is 5.75 Å². The lowest BCUT2D eigenvalue weighted by Crippen LogP contribution is -2.41. The van der Waals surface area contributed by atoms with Crippen molar-refractivity contribution in [3.63, 3.8) is 0 Å². The van der Waals surface area contributed by atoms with Gasteiger partial charge in [0, 0.05) is 22.8 Å².